The third-order valence-corrected chi connectivity index (χ3v) is 6.08. The van der Waals surface area contributed by atoms with E-state index in [4.69, 9.17) is 32.7 Å². The zero-order valence-corrected chi connectivity index (χ0v) is 17.9. The number of amides is 1. The minimum Gasteiger partial charge on any atom is -0.493 e. The Balaban J connectivity index is 1.63. The van der Waals surface area contributed by atoms with Gasteiger partial charge in [-0.3, -0.25) is 14.7 Å². The molecule has 1 aliphatic heterocycles. The van der Waals surface area contributed by atoms with Gasteiger partial charge in [-0.15, -0.1) is 0 Å². The molecular formula is C20H20Cl2N2O3S. The molecule has 2 aromatic rings. The van der Waals surface area contributed by atoms with Gasteiger partial charge < -0.3 is 9.47 Å². The predicted octanol–water partition coefficient (Wildman–Crippen LogP) is 4.68. The molecule has 0 N–H and O–H groups in total. The number of methoxy groups -OCH3 is 2. The number of ether oxygens (including phenoxy) is 2. The van der Waals surface area contributed by atoms with Crippen molar-refractivity contribution in [2.24, 2.45) is 4.99 Å². The Bertz CT molecular complexity index is 905. The van der Waals surface area contributed by atoms with Crippen LogP contribution in [0.1, 0.15) is 11.1 Å². The lowest BCUT2D eigenvalue weighted by molar-refractivity contribution is -0.126. The minimum absolute atomic E-state index is 0.00473. The molecule has 0 fully saturated rings. The number of aliphatic imine (C=N–C) groups is 1. The summed E-state index contributed by atoms with van der Waals surface area (Å²) in [5.74, 6) is 1.91. The summed E-state index contributed by atoms with van der Waals surface area (Å²) in [5, 5.41) is 1.78. The van der Waals surface area contributed by atoms with Gasteiger partial charge in [0.05, 0.1) is 37.2 Å². The van der Waals surface area contributed by atoms with Gasteiger partial charge in [0.15, 0.2) is 16.7 Å². The quantitative estimate of drug-likeness (QED) is 0.656. The fourth-order valence-corrected chi connectivity index (χ4v) is 4.15. The standard InChI is InChI=1S/C20H20Cl2N2O3S/c1-26-17-6-4-13(10-18(17)27-2)11-19(25)24-8-7-23-20(24)28-12-14-3-5-15(21)16(22)9-14/h3-6,9-10H,7-8,11-12H2,1-2H3. The predicted molar refractivity (Wildman–Crippen MR) is 115 cm³/mol. The van der Waals surface area contributed by atoms with Gasteiger partial charge >= 0.3 is 0 Å². The average molecular weight is 439 g/mol. The van der Waals surface area contributed by atoms with Crippen molar-refractivity contribution in [3.8, 4) is 11.5 Å². The van der Waals surface area contributed by atoms with Gasteiger partial charge in [-0.1, -0.05) is 47.1 Å². The van der Waals surface area contributed by atoms with E-state index in [1.165, 1.54) is 11.8 Å². The highest BCUT2D eigenvalue weighted by atomic mass is 35.5. The highest BCUT2D eigenvalue weighted by molar-refractivity contribution is 8.13. The third-order valence-electron chi connectivity index (χ3n) is 4.26. The number of hydrogen-bond donors (Lipinski definition) is 0. The van der Waals surface area contributed by atoms with E-state index in [2.05, 4.69) is 4.99 Å². The topological polar surface area (TPSA) is 51.1 Å². The fraction of sp³-hybridized carbons (Fsp3) is 0.300. The first-order valence-electron chi connectivity index (χ1n) is 8.64. The summed E-state index contributed by atoms with van der Waals surface area (Å²) in [6, 6.07) is 11.0. The highest BCUT2D eigenvalue weighted by Crippen LogP contribution is 2.29. The van der Waals surface area contributed by atoms with Crippen LogP contribution < -0.4 is 9.47 Å². The van der Waals surface area contributed by atoms with Crippen LogP contribution in [0.2, 0.25) is 10.0 Å². The van der Waals surface area contributed by atoms with Crippen molar-refractivity contribution < 1.29 is 14.3 Å². The molecule has 0 radical (unpaired) electrons. The Labute approximate surface area is 178 Å². The van der Waals surface area contributed by atoms with Crippen molar-refractivity contribution in [1.82, 2.24) is 4.90 Å². The van der Waals surface area contributed by atoms with E-state index < -0.39 is 0 Å². The van der Waals surface area contributed by atoms with Gasteiger partial charge in [-0.05, 0) is 35.4 Å². The van der Waals surface area contributed by atoms with Gasteiger partial charge in [0.25, 0.3) is 0 Å². The summed E-state index contributed by atoms with van der Waals surface area (Å²) in [6.45, 7) is 1.21. The van der Waals surface area contributed by atoms with Crippen LogP contribution in [-0.4, -0.2) is 43.3 Å². The molecule has 0 aliphatic carbocycles. The molecule has 8 heteroatoms. The summed E-state index contributed by atoms with van der Waals surface area (Å²) < 4.78 is 10.6. The van der Waals surface area contributed by atoms with Crippen LogP contribution in [-0.2, 0) is 17.0 Å². The fourth-order valence-electron chi connectivity index (χ4n) is 2.82. The molecule has 0 saturated heterocycles. The first-order chi connectivity index (χ1) is 13.5. The van der Waals surface area contributed by atoms with Gasteiger partial charge in [0.2, 0.25) is 5.91 Å². The van der Waals surface area contributed by atoms with Crippen molar-refractivity contribution in [3.63, 3.8) is 0 Å². The van der Waals surface area contributed by atoms with Crippen molar-refractivity contribution in [3.05, 3.63) is 57.6 Å². The highest BCUT2D eigenvalue weighted by Gasteiger charge is 2.24. The number of benzene rings is 2. The molecule has 0 aromatic heterocycles. The number of rotatable bonds is 6. The molecule has 0 bridgehead atoms. The Kier molecular flexibility index (Phi) is 7.10. The normalized spacial score (nSPS) is 13.4. The third kappa shape index (κ3) is 4.93. The average Bonchev–Trinajstić information content (AvgIpc) is 3.17. The second kappa shape index (κ2) is 9.54. The van der Waals surface area contributed by atoms with Crippen LogP contribution in [0.3, 0.4) is 0 Å². The van der Waals surface area contributed by atoms with Crippen LogP contribution in [0.25, 0.3) is 0 Å². The minimum atomic E-state index is 0.00473. The summed E-state index contributed by atoms with van der Waals surface area (Å²) >= 11 is 13.5. The molecule has 1 amide bonds. The largest absolute Gasteiger partial charge is 0.493 e. The lowest BCUT2D eigenvalue weighted by Gasteiger charge is -2.18. The molecule has 28 heavy (non-hydrogen) atoms. The second-order valence-corrected chi connectivity index (χ2v) is 7.87. The van der Waals surface area contributed by atoms with Gasteiger partial charge in [0, 0.05) is 12.3 Å². The molecule has 0 unspecified atom stereocenters. The van der Waals surface area contributed by atoms with Gasteiger partial charge in [0.1, 0.15) is 0 Å². The number of halogens is 2. The molecule has 3 rings (SSSR count). The van der Waals surface area contributed by atoms with E-state index in [9.17, 15) is 4.79 Å². The van der Waals surface area contributed by atoms with E-state index >= 15 is 0 Å². The smallest absolute Gasteiger partial charge is 0.233 e. The zero-order valence-electron chi connectivity index (χ0n) is 15.6. The van der Waals surface area contributed by atoms with Crippen molar-refractivity contribution in [2.75, 3.05) is 27.3 Å². The molecule has 2 aromatic carbocycles. The van der Waals surface area contributed by atoms with E-state index in [0.29, 0.717) is 40.4 Å². The maximum absolute atomic E-state index is 12.8. The molecule has 0 spiro atoms. The molecule has 1 aliphatic rings. The number of thioether (sulfide) groups is 1. The Morgan fingerprint density at radius 2 is 1.82 bits per heavy atom. The maximum atomic E-state index is 12.8. The number of carbonyl (C=O) groups is 1. The number of amidine groups is 1. The Morgan fingerprint density at radius 3 is 2.54 bits per heavy atom. The van der Waals surface area contributed by atoms with Crippen LogP contribution in [0.4, 0.5) is 0 Å². The van der Waals surface area contributed by atoms with Crippen LogP contribution in [0.15, 0.2) is 41.4 Å². The van der Waals surface area contributed by atoms with E-state index in [1.807, 2.05) is 24.3 Å². The first-order valence-corrected chi connectivity index (χ1v) is 10.4. The van der Waals surface area contributed by atoms with Crippen molar-refractivity contribution in [1.29, 1.82) is 0 Å². The molecule has 0 atom stereocenters. The molecule has 1 heterocycles. The first kappa shape index (κ1) is 20.8. The number of carbonyl (C=O) groups excluding carboxylic acids is 1. The van der Waals surface area contributed by atoms with E-state index in [1.54, 1.807) is 31.3 Å². The lowest BCUT2D eigenvalue weighted by Crippen LogP contribution is -2.34. The molecule has 148 valence electrons. The van der Waals surface area contributed by atoms with Gasteiger partial charge in [-0.25, -0.2) is 0 Å². The zero-order chi connectivity index (χ0) is 20.1. The lowest BCUT2D eigenvalue weighted by atomic mass is 10.1. The summed E-state index contributed by atoms with van der Waals surface area (Å²) in [6.07, 6.45) is 0.271. The van der Waals surface area contributed by atoms with Crippen molar-refractivity contribution in [2.45, 2.75) is 12.2 Å². The maximum Gasteiger partial charge on any atom is 0.233 e. The Morgan fingerprint density at radius 1 is 1.07 bits per heavy atom. The number of nitrogens with zero attached hydrogens (tertiary/aromatic N) is 2. The van der Waals surface area contributed by atoms with Gasteiger partial charge in [-0.2, -0.15) is 0 Å². The SMILES string of the molecule is COc1ccc(CC(=O)N2CCN=C2SCc2ccc(Cl)c(Cl)c2)cc1OC. The van der Waals surface area contributed by atoms with Crippen LogP contribution >= 0.6 is 35.0 Å². The van der Waals surface area contributed by atoms with Crippen LogP contribution in [0.5, 0.6) is 11.5 Å². The molecule has 0 saturated carbocycles. The summed E-state index contributed by atoms with van der Waals surface area (Å²) in [5.41, 5.74) is 1.89. The second-order valence-electron chi connectivity index (χ2n) is 6.11. The molecule has 5 nitrogen and oxygen atoms in total. The van der Waals surface area contributed by atoms with Crippen molar-refractivity contribution >= 4 is 46.0 Å². The Hall–Kier alpha value is -1.89. The number of hydrogen-bond acceptors (Lipinski definition) is 5. The van der Waals surface area contributed by atoms with Crippen LogP contribution in [0, 0.1) is 0 Å². The van der Waals surface area contributed by atoms with E-state index in [0.717, 1.165) is 16.3 Å². The summed E-state index contributed by atoms with van der Waals surface area (Å²) in [7, 11) is 3.16. The summed E-state index contributed by atoms with van der Waals surface area (Å²) in [4.78, 5) is 19.0. The molecular weight excluding hydrogens is 419 g/mol. The van der Waals surface area contributed by atoms with E-state index in [-0.39, 0.29) is 12.3 Å². The monoisotopic (exact) mass is 438 g/mol.